The molecule has 1 aliphatic rings. The Morgan fingerprint density at radius 1 is 1.28 bits per heavy atom. The molecule has 0 radical (unpaired) electrons. The van der Waals surface area contributed by atoms with Gasteiger partial charge in [-0.15, -0.1) is 11.3 Å². The summed E-state index contributed by atoms with van der Waals surface area (Å²) in [6.45, 7) is 17.2. The first-order chi connectivity index (χ1) is 8.13. The maximum Gasteiger partial charge on any atom is 0.00966 e. The van der Waals surface area contributed by atoms with Gasteiger partial charge < -0.3 is 5.32 Å². The van der Waals surface area contributed by atoms with Crippen molar-refractivity contribution in [3.05, 3.63) is 21.4 Å². The molecule has 0 spiro atoms. The largest absolute Gasteiger partial charge is 0.312 e. The summed E-state index contributed by atoms with van der Waals surface area (Å²) in [6, 6.07) is 2.41. The minimum absolute atomic E-state index is 0.225. The quantitative estimate of drug-likeness (QED) is 0.849. The Balaban J connectivity index is 2.09. The lowest BCUT2D eigenvalue weighted by Gasteiger charge is -2.21. The molecule has 0 aromatic carbocycles. The van der Waals surface area contributed by atoms with Crippen LogP contribution < -0.4 is 5.32 Å². The zero-order chi connectivity index (χ0) is 13.7. The van der Waals surface area contributed by atoms with Crippen LogP contribution in [0.3, 0.4) is 0 Å². The van der Waals surface area contributed by atoms with Crippen LogP contribution in [0.15, 0.2) is 6.07 Å². The average molecular weight is 265 g/mol. The highest BCUT2D eigenvalue weighted by Gasteiger charge is 2.58. The summed E-state index contributed by atoms with van der Waals surface area (Å²) >= 11 is 1.94. The third-order valence-electron chi connectivity index (χ3n) is 4.32. The van der Waals surface area contributed by atoms with E-state index in [0.29, 0.717) is 5.41 Å². The Labute approximate surface area is 116 Å². The first-order valence-electron chi connectivity index (χ1n) is 6.95. The Morgan fingerprint density at radius 3 is 2.33 bits per heavy atom. The number of nitrogens with one attached hydrogen (secondary N) is 1. The lowest BCUT2D eigenvalue weighted by Crippen LogP contribution is -2.37. The van der Waals surface area contributed by atoms with Gasteiger partial charge in [0.25, 0.3) is 0 Å². The highest BCUT2D eigenvalue weighted by atomic mass is 32.1. The van der Waals surface area contributed by atoms with Crippen LogP contribution in [0.2, 0.25) is 0 Å². The summed E-state index contributed by atoms with van der Waals surface area (Å²) in [6.07, 6.45) is 0. The molecule has 2 atom stereocenters. The molecule has 0 saturated heterocycles. The van der Waals surface area contributed by atoms with E-state index in [1.165, 1.54) is 9.75 Å². The predicted molar refractivity (Wildman–Crippen MR) is 81.6 cm³/mol. The fourth-order valence-corrected chi connectivity index (χ4v) is 4.09. The van der Waals surface area contributed by atoms with Gasteiger partial charge in [0.15, 0.2) is 0 Å². The van der Waals surface area contributed by atoms with Crippen molar-refractivity contribution in [2.75, 3.05) is 6.54 Å². The van der Waals surface area contributed by atoms with Gasteiger partial charge in [-0.05, 0) is 70.0 Å². The van der Waals surface area contributed by atoms with Gasteiger partial charge in [-0.3, -0.25) is 0 Å². The minimum atomic E-state index is 0.225. The molecule has 1 aromatic heterocycles. The van der Waals surface area contributed by atoms with E-state index in [0.717, 1.165) is 18.4 Å². The van der Waals surface area contributed by atoms with Crippen molar-refractivity contribution in [1.82, 2.24) is 5.32 Å². The van der Waals surface area contributed by atoms with Crippen LogP contribution in [-0.2, 0) is 0 Å². The van der Waals surface area contributed by atoms with Crippen LogP contribution in [0.1, 0.15) is 55.9 Å². The van der Waals surface area contributed by atoms with Crippen molar-refractivity contribution in [3.63, 3.8) is 0 Å². The van der Waals surface area contributed by atoms with E-state index in [1.54, 1.807) is 5.56 Å². The molecule has 1 fully saturated rings. The second kappa shape index (κ2) is 4.35. The maximum atomic E-state index is 3.67. The van der Waals surface area contributed by atoms with E-state index in [-0.39, 0.29) is 5.54 Å². The van der Waals surface area contributed by atoms with E-state index in [9.17, 15) is 0 Å². The van der Waals surface area contributed by atoms with E-state index < -0.39 is 0 Å². The number of hydrogen-bond donors (Lipinski definition) is 1. The number of aryl methyl sites for hydroxylation is 2. The van der Waals surface area contributed by atoms with E-state index in [2.05, 4.69) is 59.8 Å². The van der Waals surface area contributed by atoms with Crippen LogP contribution in [0.25, 0.3) is 0 Å². The van der Waals surface area contributed by atoms with Crippen LogP contribution in [0, 0.1) is 25.2 Å². The molecular weight excluding hydrogens is 238 g/mol. The van der Waals surface area contributed by atoms with Crippen molar-refractivity contribution < 1.29 is 0 Å². The minimum Gasteiger partial charge on any atom is -0.312 e. The summed E-state index contributed by atoms with van der Waals surface area (Å²) in [5.41, 5.74) is 2.28. The summed E-state index contributed by atoms with van der Waals surface area (Å²) < 4.78 is 0. The Bertz CT molecular complexity index is 436. The van der Waals surface area contributed by atoms with Gasteiger partial charge in [0.05, 0.1) is 0 Å². The van der Waals surface area contributed by atoms with Crippen LogP contribution >= 0.6 is 11.3 Å². The first-order valence-corrected chi connectivity index (χ1v) is 7.76. The molecule has 0 aliphatic heterocycles. The summed E-state index contributed by atoms with van der Waals surface area (Å²) in [5.74, 6) is 1.53. The molecule has 1 heterocycles. The van der Waals surface area contributed by atoms with E-state index in [1.807, 2.05) is 11.3 Å². The molecule has 18 heavy (non-hydrogen) atoms. The monoisotopic (exact) mass is 265 g/mol. The average Bonchev–Trinajstić information content (AvgIpc) is 2.54. The third-order valence-corrected chi connectivity index (χ3v) is 5.30. The zero-order valence-corrected chi connectivity index (χ0v) is 13.7. The van der Waals surface area contributed by atoms with Crippen molar-refractivity contribution in [1.29, 1.82) is 0 Å². The summed E-state index contributed by atoms with van der Waals surface area (Å²) in [7, 11) is 0. The van der Waals surface area contributed by atoms with Gasteiger partial charge in [0, 0.05) is 15.3 Å². The van der Waals surface area contributed by atoms with Crippen LogP contribution in [0.4, 0.5) is 0 Å². The Morgan fingerprint density at radius 2 is 1.89 bits per heavy atom. The topological polar surface area (TPSA) is 12.0 Å². The van der Waals surface area contributed by atoms with Crippen LogP contribution in [-0.4, -0.2) is 12.1 Å². The smallest absolute Gasteiger partial charge is 0.00966 e. The third kappa shape index (κ3) is 2.65. The zero-order valence-electron chi connectivity index (χ0n) is 12.8. The predicted octanol–water partition coefficient (Wildman–Crippen LogP) is 4.49. The molecule has 1 N–H and O–H groups in total. The van der Waals surface area contributed by atoms with Crippen LogP contribution in [0.5, 0.6) is 0 Å². The molecule has 1 saturated carbocycles. The van der Waals surface area contributed by atoms with Crippen molar-refractivity contribution >= 4 is 11.3 Å². The molecule has 2 rings (SSSR count). The molecule has 102 valence electrons. The van der Waals surface area contributed by atoms with Gasteiger partial charge >= 0.3 is 0 Å². The maximum absolute atomic E-state index is 3.67. The van der Waals surface area contributed by atoms with Crippen molar-refractivity contribution in [3.8, 4) is 0 Å². The standard InChI is InChI=1S/C16H27NS/c1-10-8-12(11(2)18-10)14-13(16(14,6)7)9-17-15(3,4)5/h8,13-14,17H,9H2,1-7H3. The lowest BCUT2D eigenvalue weighted by atomic mass is 10.0. The molecule has 1 aromatic rings. The Hall–Kier alpha value is -0.340. The molecule has 0 amide bonds. The van der Waals surface area contributed by atoms with E-state index >= 15 is 0 Å². The van der Waals surface area contributed by atoms with Crippen molar-refractivity contribution in [2.24, 2.45) is 11.3 Å². The second-order valence-corrected chi connectivity index (χ2v) is 8.87. The number of hydrogen-bond acceptors (Lipinski definition) is 2. The molecule has 2 heteroatoms. The fourth-order valence-electron chi connectivity index (χ4n) is 3.12. The lowest BCUT2D eigenvalue weighted by molar-refractivity contribution is 0.396. The second-order valence-electron chi connectivity index (χ2n) is 7.41. The van der Waals surface area contributed by atoms with Gasteiger partial charge in [0.1, 0.15) is 0 Å². The van der Waals surface area contributed by atoms with Gasteiger partial charge in [-0.2, -0.15) is 0 Å². The number of rotatable bonds is 3. The van der Waals surface area contributed by atoms with Crippen molar-refractivity contribution in [2.45, 2.75) is 59.9 Å². The van der Waals surface area contributed by atoms with E-state index in [4.69, 9.17) is 0 Å². The molecule has 0 bridgehead atoms. The Kier molecular flexibility index (Phi) is 3.40. The van der Waals surface area contributed by atoms with Gasteiger partial charge in [-0.1, -0.05) is 13.8 Å². The summed E-state index contributed by atoms with van der Waals surface area (Å²) in [4.78, 5) is 2.97. The number of thiophene rings is 1. The fraction of sp³-hybridized carbons (Fsp3) is 0.750. The first kappa shape index (κ1) is 14.1. The molecule has 1 aliphatic carbocycles. The molecule has 1 nitrogen and oxygen atoms in total. The van der Waals surface area contributed by atoms with Gasteiger partial charge in [0.2, 0.25) is 0 Å². The molecular formula is C16H27NS. The summed E-state index contributed by atoms with van der Waals surface area (Å²) in [5, 5.41) is 3.67. The molecule has 2 unspecified atom stereocenters. The SMILES string of the molecule is Cc1cc(C2C(CNC(C)(C)C)C2(C)C)c(C)s1. The highest BCUT2D eigenvalue weighted by molar-refractivity contribution is 7.12. The highest BCUT2D eigenvalue weighted by Crippen LogP contribution is 2.65. The normalized spacial score (nSPS) is 26.4. The van der Waals surface area contributed by atoms with Gasteiger partial charge in [-0.25, -0.2) is 0 Å².